The maximum Gasteiger partial charge on any atom is 0.0714 e. The first-order valence-corrected chi connectivity index (χ1v) is 16.1. The average molecular weight is 641 g/mol. The van der Waals surface area contributed by atoms with Crippen LogP contribution >= 0.6 is 15.9 Å². The molecule has 7 aromatic carbocycles. The van der Waals surface area contributed by atoms with E-state index in [0.717, 1.165) is 21.5 Å². The van der Waals surface area contributed by atoms with Gasteiger partial charge in [0.25, 0.3) is 0 Å². The number of hydrogen-bond donors (Lipinski definition) is 0. The molecule has 0 aromatic heterocycles. The Kier molecular flexibility index (Phi) is 6.93. The van der Waals surface area contributed by atoms with Gasteiger partial charge in [-0.2, -0.15) is 0 Å². The molecule has 0 bridgehead atoms. The normalized spacial score (nSPS) is 12.7. The van der Waals surface area contributed by atoms with E-state index in [4.69, 9.17) is 0 Å². The number of anilines is 3. The molecule has 1 nitrogen and oxygen atoms in total. The summed E-state index contributed by atoms with van der Waals surface area (Å²) in [6.07, 6.45) is 0. The van der Waals surface area contributed by atoms with E-state index in [0.29, 0.717) is 0 Å². The van der Waals surface area contributed by atoms with Gasteiger partial charge >= 0.3 is 0 Å². The number of para-hydroxylation sites is 1. The van der Waals surface area contributed by atoms with Crippen LogP contribution in [0.25, 0.3) is 22.3 Å². The van der Waals surface area contributed by atoms with Crippen molar-refractivity contribution in [2.45, 2.75) is 5.41 Å². The monoisotopic (exact) mass is 639 g/mol. The van der Waals surface area contributed by atoms with Gasteiger partial charge in [-0.05, 0) is 93.0 Å². The molecule has 0 saturated carbocycles. The molecule has 1 aliphatic carbocycles. The first-order chi connectivity index (χ1) is 22.2. The van der Waals surface area contributed by atoms with Crippen LogP contribution in [0.1, 0.15) is 22.3 Å². The summed E-state index contributed by atoms with van der Waals surface area (Å²) in [4.78, 5) is 2.38. The van der Waals surface area contributed by atoms with Crippen LogP contribution in [0.2, 0.25) is 0 Å². The number of benzene rings is 7. The van der Waals surface area contributed by atoms with Gasteiger partial charge in [-0.1, -0.05) is 149 Å². The maximum absolute atomic E-state index is 3.59. The molecule has 0 unspecified atom stereocenters. The molecule has 0 aliphatic heterocycles. The summed E-state index contributed by atoms with van der Waals surface area (Å²) in [7, 11) is 0. The van der Waals surface area contributed by atoms with Crippen molar-refractivity contribution in [1.29, 1.82) is 0 Å². The lowest BCUT2D eigenvalue weighted by atomic mass is 9.67. The van der Waals surface area contributed by atoms with Gasteiger partial charge < -0.3 is 4.90 Å². The smallest absolute Gasteiger partial charge is 0.0714 e. The van der Waals surface area contributed by atoms with Crippen molar-refractivity contribution in [2.24, 2.45) is 0 Å². The fourth-order valence-electron chi connectivity index (χ4n) is 7.06. The first-order valence-electron chi connectivity index (χ1n) is 15.3. The van der Waals surface area contributed by atoms with E-state index in [2.05, 4.69) is 203 Å². The molecule has 8 rings (SSSR count). The van der Waals surface area contributed by atoms with Gasteiger partial charge in [0.05, 0.1) is 5.41 Å². The summed E-state index contributed by atoms with van der Waals surface area (Å²) in [6, 6.07) is 66.0. The highest BCUT2D eigenvalue weighted by molar-refractivity contribution is 9.10. The van der Waals surface area contributed by atoms with Crippen LogP contribution < -0.4 is 4.90 Å². The molecule has 0 amide bonds. The Morgan fingerprint density at radius 3 is 1.62 bits per heavy atom. The minimum atomic E-state index is -0.452. The molecule has 45 heavy (non-hydrogen) atoms. The van der Waals surface area contributed by atoms with Crippen LogP contribution in [0.15, 0.2) is 186 Å². The number of nitrogens with zero attached hydrogens (tertiary/aromatic N) is 1. The Hall–Kier alpha value is -5.18. The third-order valence-corrected chi connectivity index (χ3v) is 9.53. The van der Waals surface area contributed by atoms with Gasteiger partial charge in [0.1, 0.15) is 0 Å². The van der Waals surface area contributed by atoms with Crippen LogP contribution in [-0.2, 0) is 5.41 Å². The molecule has 0 saturated heterocycles. The van der Waals surface area contributed by atoms with Gasteiger partial charge in [-0.15, -0.1) is 0 Å². The van der Waals surface area contributed by atoms with Crippen molar-refractivity contribution in [3.63, 3.8) is 0 Å². The summed E-state index contributed by atoms with van der Waals surface area (Å²) in [5.74, 6) is 0. The third kappa shape index (κ3) is 4.61. The summed E-state index contributed by atoms with van der Waals surface area (Å²) < 4.78 is 1.08. The third-order valence-electron chi connectivity index (χ3n) is 9.00. The highest BCUT2D eigenvalue weighted by Gasteiger charge is 2.46. The lowest BCUT2D eigenvalue weighted by Crippen LogP contribution is -2.28. The first kappa shape index (κ1) is 27.4. The van der Waals surface area contributed by atoms with Gasteiger partial charge in [-0.3, -0.25) is 0 Å². The minimum absolute atomic E-state index is 0.452. The van der Waals surface area contributed by atoms with Crippen molar-refractivity contribution in [3.8, 4) is 22.3 Å². The van der Waals surface area contributed by atoms with Crippen molar-refractivity contribution in [2.75, 3.05) is 4.90 Å². The van der Waals surface area contributed by atoms with E-state index in [-0.39, 0.29) is 0 Å². The second-order valence-corrected chi connectivity index (χ2v) is 12.4. The lowest BCUT2D eigenvalue weighted by Gasteiger charge is -2.35. The highest BCUT2D eigenvalue weighted by Crippen LogP contribution is 2.57. The zero-order chi connectivity index (χ0) is 30.2. The van der Waals surface area contributed by atoms with E-state index in [1.807, 2.05) is 0 Å². The Balaban J connectivity index is 1.38. The fraction of sp³-hybridized carbons (Fsp3) is 0.0233. The fourth-order valence-corrected chi connectivity index (χ4v) is 7.33. The highest BCUT2D eigenvalue weighted by atomic mass is 79.9. The molecule has 0 fully saturated rings. The predicted octanol–water partition coefficient (Wildman–Crippen LogP) is 11.9. The second-order valence-electron chi connectivity index (χ2n) is 11.5. The topological polar surface area (TPSA) is 3.24 Å². The largest absolute Gasteiger partial charge is 0.310 e. The Labute approximate surface area is 273 Å². The van der Waals surface area contributed by atoms with Crippen LogP contribution in [0.4, 0.5) is 17.1 Å². The predicted molar refractivity (Wildman–Crippen MR) is 192 cm³/mol. The summed E-state index contributed by atoms with van der Waals surface area (Å²) in [6.45, 7) is 0. The van der Waals surface area contributed by atoms with Crippen LogP contribution in [0.5, 0.6) is 0 Å². The van der Waals surface area contributed by atoms with E-state index in [9.17, 15) is 0 Å². The standard InChI is InChI=1S/C43H30BrN/c44-35-25-23-31(24-26-35)32-13-12-20-37(29-32)45(36-18-8-3-9-19-36)38-27-28-40-39-21-10-11-22-41(39)43(42(40)30-38,33-14-4-1-5-15-33)34-16-6-2-7-17-34/h1-30H. The lowest BCUT2D eigenvalue weighted by molar-refractivity contribution is 0.768. The number of hydrogen-bond acceptors (Lipinski definition) is 1. The summed E-state index contributed by atoms with van der Waals surface area (Å²) >= 11 is 3.59. The van der Waals surface area contributed by atoms with E-state index in [1.165, 1.54) is 44.5 Å². The van der Waals surface area contributed by atoms with Gasteiger partial charge in [-0.25, -0.2) is 0 Å². The van der Waals surface area contributed by atoms with Crippen LogP contribution in [0.3, 0.4) is 0 Å². The van der Waals surface area contributed by atoms with Crippen LogP contribution in [0, 0.1) is 0 Å². The van der Waals surface area contributed by atoms with Crippen molar-refractivity contribution >= 4 is 33.0 Å². The average Bonchev–Trinajstić information content (AvgIpc) is 3.41. The molecule has 0 spiro atoms. The zero-order valence-corrected chi connectivity index (χ0v) is 26.2. The molecule has 0 atom stereocenters. The molecule has 0 N–H and O–H groups in total. The molecular formula is C43H30BrN. The minimum Gasteiger partial charge on any atom is -0.310 e. The number of rotatable bonds is 6. The van der Waals surface area contributed by atoms with E-state index >= 15 is 0 Å². The number of fused-ring (bicyclic) bond motifs is 3. The summed E-state index contributed by atoms with van der Waals surface area (Å²) in [5.41, 5.74) is 13.0. The zero-order valence-electron chi connectivity index (χ0n) is 24.6. The van der Waals surface area contributed by atoms with Crippen LogP contribution in [-0.4, -0.2) is 0 Å². The Morgan fingerprint density at radius 1 is 0.378 bits per heavy atom. The molecule has 2 heteroatoms. The molecule has 0 heterocycles. The second kappa shape index (κ2) is 11.4. The Morgan fingerprint density at radius 2 is 0.933 bits per heavy atom. The van der Waals surface area contributed by atoms with Crippen molar-refractivity contribution < 1.29 is 0 Å². The van der Waals surface area contributed by atoms with Crippen molar-refractivity contribution in [1.82, 2.24) is 0 Å². The quantitative estimate of drug-likeness (QED) is 0.175. The maximum atomic E-state index is 3.59. The SMILES string of the molecule is Brc1ccc(-c2cccc(N(c3ccccc3)c3ccc4c(c3)C(c3ccccc3)(c3ccccc3)c3ccccc3-4)c2)cc1. The molecule has 214 valence electrons. The van der Waals surface area contributed by atoms with E-state index in [1.54, 1.807) is 0 Å². The van der Waals surface area contributed by atoms with Gasteiger partial charge in [0.15, 0.2) is 0 Å². The van der Waals surface area contributed by atoms with Gasteiger partial charge in [0.2, 0.25) is 0 Å². The summed E-state index contributed by atoms with van der Waals surface area (Å²) in [5, 5.41) is 0. The molecule has 1 aliphatic rings. The molecule has 7 aromatic rings. The van der Waals surface area contributed by atoms with Gasteiger partial charge in [0, 0.05) is 21.5 Å². The number of halogens is 1. The molecular weight excluding hydrogens is 610 g/mol. The van der Waals surface area contributed by atoms with Crippen molar-refractivity contribution in [3.05, 3.63) is 209 Å². The molecule has 0 radical (unpaired) electrons. The Bertz CT molecular complexity index is 2060. The van der Waals surface area contributed by atoms with E-state index < -0.39 is 5.41 Å².